The topological polar surface area (TPSA) is 72.1 Å². The van der Waals surface area contributed by atoms with E-state index in [0.717, 1.165) is 0 Å². The Bertz CT molecular complexity index is 280. The van der Waals surface area contributed by atoms with Crippen molar-refractivity contribution in [1.82, 2.24) is 9.97 Å². The van der Waals surface area contributed by atoms with Crippen molar-refractivity contribution in [3.05, 3.63) is 18.0 Å². The second-order valence-corrected chi connectivity index (χ2v) is 2.53. The Labute approximate surface area is 70.2 Å². The lowest BCUT2D eigenvalue weighted by atomic mass is 10.3. The zero-order valence-electron chi connectivity index (χ0n) is 6.98. The summed E-state index contributed by atoms with van der Waals surface area (Å²) in [7, 11) is 3.64. The number of hydrogen-bond acceptors (Lipinski definition) is 4. The molecule has 64 valence electrons. The molecule has 0 unspecified atom stereocenters. The zero-order chi connectivity index (χ0) is 9.14. The van der Waals surface area contributed by atoms with E-state index in [4.69, 9.17) is 5.73 Å². The Kier molecular flexibility index (Phi) is 2.23. The van der Waals surface area contributed by atoms with Crippen LogP contribution in [0.5, 0.6) is 0 Å². The Morgan fingerprint density at radius 1 is 1.42 bits per heavy atom. The molecule has 0 aromatic carbocycles. The standard InChI is InChI=1S/C7H10N4O/c1-11(2)7-9-3-5(4-10-7)6(8)12/h3-4H,1-2H3,(H2,8,12). The zero-order valence-corrected chi connectivity index (χ0v) is 6.98. The van der Waals surface area contributed by atoms with Gasteiger partial charge in [-0.25, -0.2) is 9.97 Å². The maximum Gasteiger partial charge on any atom is 0.251 e. The van der Waals surface area contributed by atoms with Gasteiger partial charge in [0.1, 0.15) is 0 Å². The fraction of sp³-hybridized carbons (Fsp3) is 0.286. The van der Waals surface area contributed by atoms with Crippen LogP contribution in [0.2, 0.25) is 0 Å². The van der Waals surface area contributed by atoms with Gasteiger partial charge < -0.3 is 10.6 Å². The van der Waals surface area contributed by atoms with E-state index in [1.54, 1.807) is 4.90 Å². The number of nitrogens with zero attached hydrogens (tertiary/aromatic N) is 3. The lowest BCUT2D eigenvalue weighted by molar-refractivity contribution is 0.0999. The van der Waals surface area contributed by atoms with Crippen LogP contribution in [0, 0.1) is 0 Å². The van der Waals surface area contributed by atoms with Gasteiger partial charge in [0, 0.05) is 26.5 Å². The molecule has 2 N–H and O–H groups in total. The van der Waals surface area contributed by atoms with Crippen LogP contribution < -0.4 is 10.6 Å². The number of anilines is 1. The molecule has 0 radical (unpaired) electrons. The Balaban J connectivity index is 2.93. The molecule has 0 saturated heterocycles. The van der Waals surface area contributed by atoms with Gasteiger partial charge in [0.15, 0.2) is 0 Å². The summed E-state index contributed by atoms with van der Waals surface area (Å²) in [5, 5.41) is 0. The molecule has 5 nitrogen and oxygen atoms in total. The number of carbonyl (C=O) groups excluding carboxylic acids is 1. The normalized spacial score (nSPS) is 9.50. The van der Waals surface area contributed by atoms with Gasteiger partial charge in [0.05, 0.1) is 5.56 Å². The van der Waals surface area contributed by atoms with E-state index < -0.39 is 5.91 Å². The number of carbonyl (C=O) groups is 1. The minimum absolute atomic E-state index is 0.320. The van der Waals surface area contributed by atoms with Crippen LogP contribution in [0.15, 0.2) is 12.4 Å². The van der Waals surface area contributed by atoms with Crippen LogP contribution in [0.25, 0.3) is 0 Å². The molecule has 1 aromatic rings. The first-order chi connectivity index (χ1) is 5.61. The van der Waals surface area contributed by atoms with Gasteiger partial charge >= 0.3 is 0 Å². The highest BCUT2D eigenvalue weighted by molar-refractivity contribution is 5.92. The number of aromatic nitrogens is 2. The third-order valence-corrected chi connectivity index (χ3v) is 1.32. The average molecular weight is 166 g/mol. The summed E-state index contributed by atoms with van der Waals surface area (Å²) in [4.78, 5) is 20.2. The molecule has 1 heterocycles. The molecular weight excluding hydrogens is 156 g/mol. The molecule has 1 aromatic heterocycles. The third-order valence-electron chi connectivity index (χ3n) is 1.32. The Hall–Kier alpha value is -1.65. The molecule has 0 fully saturated rings. The first-order valence-corrected chi connectivity index (χ1v) is 3.40. The van der Waals surface area contributed by atoms with Gasteiger partial charge in [-0.15, -0.1) is 0 Å². The summed E-state index contributed by atoms with van der Waals surface area (Å²) in [6, 6.07) is 0. The second kappa shape index (κ2) is 3.17. The molecule has 0 aliphatic heterocycles. The van der Waals surface area contributed by atoms with Gasteiger partial charge in [-0.3, -0.25) is 4.79 Å². The number of amides is 1. The Morgan fingerprint density at radius 2 is 1.92 bits per heavy atom. The maximum atomic E-state index is 10.6. The van der Waals surface area contributed by atoms with Gasteiger partial charge in [0.25, 0.3) is 5.91 Å². The minimum atomic E-state index is -0.514. The van der Waals surface area contributed by atoms with Crippen LogP contribution in [-0.2, 0) is 0 Å². The first-order valence-electron chi connectivity index (χ1n) is 3.40. The van der Waals surface area contributed by atoms with Crippen LogP contribution >= 0.6 is 0 Å². The molecule has 0 bridgehead atoms. The lowest BCUT2D eigenvalue weighted by Gasteiger charge is -2.08. The predicted molar refractivity (Wildman–Crippen MR) is 44.9 cm³/mol. The molecule has 1 rings (SSSR count). The van der Waals surface area contributed by atoms with E-state index in [0.29, 0.717) is 11.5 Å². The number of primary amides is 1. The SMILES string of the molecule is CN(C)c1ncc(C(N)=O)cn1. The third kappa shape index (κ3) is 1.69. The Morgan fingerprint density at radius 3 is 2.25 bits per heavy atom. The van der Waals surface area contributed by atoms with Crippen LogP contribution in [-0.4, -0.2) is 30.0 Å². The number of nitrogens with two attached hydrogens (primary N) is 1. The number of rotatable bonds is 2. The average Bonchev–Trinajstić information content (AvgIpc) is 2.04. The fourth-order valence-corrected chi connectivity index (χ4v) is 0.679. The van der Waals surface area contributed by atoms with Gasteiger partial charge in [-0.1, -0.05) is 0 Å². The molecule has 1 amide bonds. The van der Waals surface area contributed by atoms with Gasteiger partial charge in [-0.05, 0) is 0 Å². The van der Waals surface area contributed by atoms with Crippen molar-refractivity contribution in [3.63, 3.8) is 0 Å². The largest absolute Gasteiger partial charge is 0.366 e. The molecule has 0 aliphatic carbocycles. The van der Waals surface area contributed by atoms with Crippen molar-refractivity contribution in [2.24, 2.45) is 5.73 Å². The van der Waals surface area contributed by atoms with E-state index in [2.05, 4.69) is 9.97 Å². The minimum Gasteiger partial charge on any atom is -0.366 e. The summed E-state index contributed by atoms with van der Waals surface area (Å²) in [5.41, 5.74) is 5.33. The summed E-state index contributed by atoms with van der Waals surface area (Å²) < 4.78 is 0. The van der Waals surface area contributed by atoms with Crippen molar-refractivity contribution >= 4 is 11.9 Å². The van der Waals surface area contributed by atoms with Crippen LogP contribution in [0.1, 0.15) is 10.4 Å². The molecule has 0 spiro atoms. The van der Waals surface area contributed by atoms with E-state index in [1.165, 1.54) is 12.4 Å². The summed E-state index contributed by atoms with van der Waals surface area (Å²) in [6.45, 7) is 0. The molecule has 0 saturated carbocycles. The molecule has 0 atom stereocenters. The van der Waals surface area contributed by atoms with Crippen molar-refractivity contribution in [1.29, 1.82) is 0 Å². The van der Waals surface area contributed by atoms with Crippen molar-refractivity contribution in [2.45, 2.75) is 0 Å². The molecule has 5 heteroatoms. The molecule has 12 heavy (non-hydrogen) atoms. The smallest absolute Gasteiger partial charge is 0.251 e. The highest BCUT2D eigenvalue weighted by Gasteiger charge is 2.02. The summed E-state index contributed by atoms with van der Waals surface area (Å²) in [6.07, 6.45) is 2.81. The van der Waals surface area contributed by atoms with Crippen molar-refractivity contribution in [3.8, 4) is 0 Å². The second-order valence-electron chi connectivity index (χ2n) is 2.53. The van der Waals surface area contributed by atoms with Crippen molar-refractivity contribution in [2.75, 3.05) is 19.0 Å². The van der Waals surface area contributed by atoms with E-state index in [1.807, 2.05) is 14.1 Å². The highest BCUT2D eigenvalue weighted by Crippen LogP contribution is 2.01. The molecular formula is C7H10N4O. The molecule has 0 aliphatic rings. The lowest BCUT2D eigenvalue weighted by Crippen LogP contribution is -2.15. The maximum absolute atomic E-state index is 10.6. The fourth-order valence-electron chi connectivity index (χ4n) is 0.679. The van der Waals surface area contributed by atoms with Gasteiger partial charge in [0.2, 0.25) is 5.95 Å². The van der Waals surface area contributed by atoms with E-state index in [9.17, 15) is 4.79 Å². The number of hydrogen-bond donors (Lipinski definition) is 1. The highest BCUT2D eigenvalue weighted by atomic mass is 16.1. The summed E-state index contributed by atoms with van der Waals surface area (Å²) >= 11 is 0. The van der Waals surface area contributed by atoms with E-state index in [-0.39, 0.29) is 0 Å². The van der Waals surface area contributed by atoms with Crippen LogP contribution in [0.4, 0.5) is 5.95 Å². The monoisotopic (exact) mass is 166 g/mol. The summed E-state index contributed by atoms with van der Waals surface area (Å²) in [5.74, 6) is 0.0420. The first kappa shape index (κ1) is 8.45. The van der Waals surface area contributed by atoms with Crippen molar-refractivity contribution < 1.29 is 4.79 Å². The van der Waals surface area contributed by atoms with Gasteiger partial charge in [-0.2, -0.15) is 0 Å². The van der Waals surface area contributed by atoms with E-state index >= 15 is 0 Å². The predicted octanol–water partition coefficient (Wildman–Crippen LogP) is -0.359. The quantitative estimate of drug-likeness (QED) is 0.651. The van der Waals surface area contributed by atoms with Crippen LogP contribution in [0.3, 0.4) is 0 Å².